The quantitative estimate of drug-likeness (QED) is 0.665. The van der Waals surface area contributed by atoms with Crippen molar-refractivity contribution in [1.29, 1.82) is 0 Å². The molecule has 0 aliphatic heterocycles. The molecule has 0 bridgehead atoms. The lowest BCUT2D eigenvalue weighted by molar-refractivity contribution is -0.384. The van der Waals surface area contributed by atoms with Crippen LogP contribution in [0.15, 0.2) is 18.2 Å². The van der Waals surface area contributed by atoms with Crippen molar-refractivity contribution >= 4 is 23.0 Å². The van der Waals surface area contributed by atoms with Gasteiger partial charge >= 0.3 is 0 Å². The van der Waals surface area contributed by atoms with Crippen LogP contribution in [0.2, 0.25) is 5.02 Å². The molecule has 0 atom stereocenters. The maximum absolute atomic E-state index is 10.9. The Morgan fingerprint density at radius 1 is 1.53 bits per heavy atom. The Labute approximate surface area is 105 Å². The van der Waals surface area contributed by atoms with Crippen molar-refractivity contribution in [3.05, 3.63) is 33.3 Å². The molecule has 0 saturated heterocycles. The lowest BCUT2D eigenvalue weighted by atomic mass is 10.1. The molecule has 0 aliphatic carbocycles. The zero-order valence-electron chi connectivity index (χ0n) is 9.98. The van der Waals surface area contributed by atoms with Gasteiger partial charge in [0, 0.05) is 19.7 Å². The standard InChI is InChI=1S/C11H15ClN2O3/c1-11(2,15)7-13(3)10-8(12)5-4-6-9(10)14(16)17/h4-6,15H,7H2,1-3H3. The van der Waals surface area contributed by atoms with E-state index in [9.17, 15) is 15.2 Å². The third-order valence-electron chi connectivity index (χ3n) is 2.17. The summed E-state index contributed by atoms with van der Waals surface area (Å²) in [5.41, 5.74) is -0.701. The molecule has 1 N–H and O–H groups in total. The molecule has 0 aliphatic rings. The fourth-order valence-electron chi connectivity index (χ4n) is 1.69. The van der Waals surface area contributed by atoms with Crippen LogP contribution in [0.3, 0.4) is 0 Å². The minimum atomic E-state index is -0.957. The first kappa shape index (κ1) is 13.7. The fourth-order valence-corrected chi connectivity index (χ4v) is 2.00. The molecule has 0 amide bonds. The molecule has 0 saturated carbocycles. The van der Waals surface area contributed by atoms with E-state index in [1.54, 1.807) is 31.9 Å². The lowest BCUT2D eigenvalue weighted by Gasteiger charge is -2.27. The SMILES string of the molecule is CN(CC(C)(C)O)c1c(Cl)cccc1[N+](=O)[O-]. The van der Waals surface area contributed by atoms with E-state index in [4.69, 9.17) is 11.6 Å². The van der Waals surface area contributed by atoms with Crippen molar-refractivity contribution in [3.63, 3.8) is 0 Å². The van der Waals surface area contributed by atoms with Gasteiger partial charge in [-0.15, -0.1) is 0 Å². The van der Waals surface area contributed by atoms with Crippen LogP contribution in [0.4, 0.5) is 11.4 Å². The van der Waals surface area contributed by atoms with E-state index in [1.807, 2.05) is 0 Å². The monoisotopic (exact) mass is 258 g/mol. The minimum absolute atomic E-state index is 0.0655. The van der Waals surface area contributed by atoms with Crippen LogP contribution in [0.1, 0.15) is 13.8 Å². The zero-order chi connectivity index (χ0) is 13.2. The molecule has 1 rings (SSSR count). The number of aliphatic hydroxyl groups is 1. The van der Waals surface area contributed by atoms with E-state index in [0.29, 0.717) is 10.7 Å². The van der Waals surface area contributed by atoms with Gasteiger partial charge in [0.05, 0.1) is 15.5 Å². The predicted molar refractivity (Wildman–Crippen MR) is 67.7 cm³/mol. The van der Waals surface area contributed by atoms with E-state index in [1.165, 1.54) is 12.1 Å². The van der Waals surface area contributed by atoms with Gasteiger partial charge in [0.25, 0.3) is 5.69 Å². The van der Waals surface area contributed by atoms with Crippen LogP contribution >= 0.6 is 11.6 Å². The summed E-state index contributed by atoms with van der Waals surface area (Å²) in [5, 5.41) is 20.9. The third kappa shape index (κ3) is 3.57. The van der Waals surface area contributed by atoms with Crippen molar-refractivity contribution in [1.82, 2.24) is 0 Å². The fraction of sp³-hybridized carbons (Fsp3) is 0.455. The number of nitro benzene ring substituents is 1. The number of likely N-dealkylation sites (N-methyl/N-ethyl adjacent to an activating group) is 1. The van der Waals surface area contributed by atoms with Crippen LogP contribution in [-0.4, -0.2) is 29.2 Å². The van der Waals surface area contributed by atoms with Crippen LogP contribution in [0.25, 0.3) is 0 Å². The number of nitrogens with zero attached hydrogens (tertiary/aromatic N) is 2. The highest BCUT2D eigenvalue weighted by Gasteiger charge is 2.24. The van der Waals surface area contributed by atoms with Crippen molar-refractivity contribution in [2.45, 2.75) is 19.4 Å². The summed E-state index contributed by atoms with van der Waals surface area (Å²) in [4.78, 5) is 12.0. The number of rotatable bonds is 4. The molecule has 17 heavy (non-hydrogen) atoms. The minimum Gasteiger partial charge on any atom is -0.389 e. The molecule has 0 heterocycles. The topological polar surface area (TPSA) is 66.6 Å². The first-order valence-electron chi connectivity index (χ1n) is 5.09. The summed E-state index contributed by atoms with van der Waals surface area (Å²) in [6.45, 7) is 3.51. The summed E-state index contributed by atoms with van der Waals surface area (Å²) in [5.74, 6) is 0. The van der Waals surface area contributed by atoms with Crippen molar-refractivity contribution < 1.29 is 10.0 Å². The molecule has 94 valence electrons. The molecule has 1 aromatic rings. The Morgan fingerprint density at radius 2 is 2.12 bits per heavy atom. The Balaban J connectivity index is 3.16. The number of benzene rings is 1. The second-order valence-electron chi connectivity index (χ2n) is 4.53. The Morgan fingerprint density at radius 3 is 2.59 bits per heavy atom. The molecule has 0 radical (unpaired) electrons. The molecule has 0 unspecified atom stereocenters. The smallest absolute Gasteiger partial charge is 0.294 e. The molecular formula is C11H15ClN2O3. The second kappa shape index (κ2) is 4.89. The van der Waals surface area contributed by atoms with Gasteiger partial charge in [-0.3, -0.25) is 10.1 Å². The summed E-state index contributed by atoms with van der Waals surface area (Å²) < 4.78 is 0. The van der Waals surface area contributed by atoms with Gasteiger partial charge in [-0.25, -0.2) is 0 Å². The Hall–Kier alpha value is -1.33. The van der Waals surface area contributed by atoms with E-state index < -0.39 is 10.5 Å². The highest BCUT2D eigenvalue weighted by molar-refractivity contribution is 6.33. The van der Waals surface area contributed by atoms with E-state index in [-0.39, 0.29) is 12.2 Å². The van der Waals surface area contributed by atoms with Gasteiger partial charge in [-0.1, -0.05) is 17.7 Å². The van der Waals surface area contributed by atoms with Crippen molar-refractivity contribution in [2.75, 3.05) is 18.5 Å². The number of hydrogen-bond acceptors (Lipinski definition) is 4. The average Bonchev–Trinajstić information content (AvgIpc) is 2.13. The van der Waals surface area contributed by atoms with Gasteiger partial charge in [-0.2, -0.15) is 0 Å². The molecular weight excluding hydrogens is 244 g/mol. The Kier molecular flexibility index (Phi) is 3.95. The van der Waals surface area contributed by atoms with Crippen molar-refractivity contribution in [2.24, 2.45) is 0 Å². The largest absolute Gasteiger partial charge is 0.389 e. The molecule has 1 aromatic carbocycles. The summed E-state index contributed by atoms with van der Waals surface area (Å²) in [6.07, 6.45) is 0. The average molecular weight is 259 g/mol. The van der Waals surface area contributed by atoms with Gasteiger partial charge < -0.3 is 10.0 Å². The summed E-state index contributed by atoms with van der Waals surface area (Å²) in [6, 6.07) is 4.51. The molecule has 5 nitrogen and oxygen atoms in total. The molecule has 0 aromatic heterocycles. The van der Waals surface area contributed by atoms with Gasteiger partial charge in [0.15, 0.2) is 0 Å². The van der Waals surface area contributed by atoms with E-state index >= 15 is 0 Å². The number of anilines is 1. The Bertz CT molecular complexity index is 429. The van der Waals surface area contributed by atoms with Crippen LogP contribution in [0.5, 0.6) is 0 Å². The first-order valence-corrected chi connectivity index (χ1v) is 5.46. The predicted octanol–water partition coefficient (Wildman–Crippen LogP) is 2.46. The van der Waals surface area contributed by atoms with E-state index in [2.05, 4.69) is 0 Å². The normalized spacial score (nSPS) is 11.4. The number of halogens is 1. The number of hydrogen-bond donors (Lipinski definition) is 1. The maximum Gasteiger partial charge on any atom is 0.294 e. The summed E-state index contributed by atoms with van der Waals surface area (Å²) >= 11 is 5.97. The molecule has 0 spiro atoms. The van der Waals surface area contributed by atoms with E-state index in [0.717, 1.165) is 0 Å². The van der Waals surface area contributed by atoms with Crippen LogP contribution in [0, 0.1) is 10.1 Å². The van der Waals surface area contributed by atoms with Crippen LogP contribution < -0.4 is 4.90 Å². The number of nitro groups is 1. The van der Waals surface area contributed by atoms with Gasteiger partial charge in [0.1, 0.15) is 5.69 Å². The lowest BCUT2D eigenvalue weighted by Crippen LogP contribution is -2.36. The molecule has 0 fully saturated rings. The van der Waals surface area contributed by atoms with Crippen molar-refractivity contribution in [3.8, 4) is 0 Å². The van der Waals surface area contributed by atoms with Gasteiger partial charge in [0.2, 0.25) is 0 Å². The first-order chi connectivity index (χ1) is 7.72. The molecule has 6 heteroatoms. The highest BCUT2D eigenvalue weighted by atomic mass is 35.5. The zero-order valence-corrected chi connectivity index (χ0v) is 10.7. The third-order valence-corrected chi connectivity index (χ3v) is 2.47. The number of para-hydroxylation sites is 1. The van der Waals surface area contributed by atoms with Gasteiger partial charge in [-0.05, 0) is 19.9 Å². The maximum atomic E-state index is 10.9. The summed E-state index contributed by atoms with van der Waals surface area (Å²) in [7, 11) is 1.66. The van der Waals surface area contributed by atoms with Crippen LogP contribution in [-0.2, 0) is 0 Å². The second-order valence-corrected chi connectivity index (χ2v) is 4.94. The highest BCUT2D eigenvalue weighted by Crippen LogP contribution is 2.35.